The van der Waals surface area contributed by atoms with Crippen LogP contribution >= 0.6 is 0 Å². The number of anilines is 1. The first-order valence-corrected chi connectivity index (χ1v) is 16.3. The Morgan fingerprint density at radius 3 is 1.92 bits per heavy atom. The maximum Gasteiger partial charge on any atom is 0.416 e. The fourth-order valence-electron chi connectivity index (χ4n) is 6.85. The van der Waals surface area contributed by atoms with E-state index in [0.29, 0.717) is 58.8 Å². The number of fused-ring (bicyclic) bond motifs is 2. The molecule has 2 aliphatic heterocycles. The lowest BCUT2D eigenvalue weighted by atomic mass is 9.77. The number of carbonyl (C=O) groups excluding carboxylic acids is 1. The molecule has 0 amide bonds. The number of ketones is 1. The summed E-state index contributed by atoms with van der Waals surface area (Å²) in [5.74, 6) is -0.413. The summed E-state index contributed by atoms with van der Waals surface area (Å²) >= 11 is 0. The number of hydrogen-bond acceptors (Lipinski definition) is 3. The summed E-state index contributed by atoms with van der Waals surface area (Å²) in [6, 6.07) is 7.29. The molecule has 1 aliphatic carbocycles. The quantitative estimate of drug-likeness (QED) is 0.160. The third-order valence-electron chi connectivity index (χ3n) is 9.84. The van der Waals surface area contributed by atoms with Crippen molar-refractivity contribution < 1.29 is 40.8 Å². The van der Waals surface area contributed by atoms with E-state index in [-0.39, 0.29) is 11.1 Å². The highest BCUT2D eigenvalue weighted by molar-refractivity contribution is 6.24. The van der Waals surface area contributed by atoms with E-state index < -0.39 is 45.9 Å². The third-order valence-corrected chi connectivity index (χ3v) is 9.84. The summed E-state index contributed by atoms with van der Waals surface area (Å²) in [5.41, 5.74) is -0.279. The fourth-order valence-corrected chi connectivity index (χ4v) is 6.85. The summed E-state index contributed by atoms with van der Waals surface area (Å²) in [6.07, 6.45) is -4.57. The molecular formula is C38H42F6N2O2. The Morgan fingerprint density at radius 1 is 0.812 bits per heavy atom. The van der Waals surface area contributed by atoms with Crippen molar-refractivity contribution in [3.63, 3.8) is 0 Å². The van der Waals surface area contributed by atoms with Crippen molar-refractivity contribution in [1.82, 2.24) is 0 Å². The van der Waals surface area contributed by atoms with E-state index in [2.05, 4.69) is 0 Å². The van der Waals surface area contributed by atoms with Gasteiger partial charge in [0.2, 0.25) is 5.69 Å². The zero-order valence-corrected chi connectivity index (χ0v) is 28.6. The molecular weight excluding hydrogens is 630 g/mol. The van der Waals surface area contributed by atoms with Crippen molar-refractivity contribution in [3.8, 4) is 0 Å². The van der Waals surface area contributed by atoms with Crippen molar-refractivity contribution in [2.24, 2.45) is 11.8 Å². The number of carbonyl (C=O) groups is 1. The highest BCUT2D eigenvalue weighted by Gasteiger charge is 2.48. The average molecular weight is 673 g/mol. The smallest absolute Gasteiger partial charge is 0.416 e. The lowest BCUT2D eigenvalue weighted by Crippen LogP contribution is -2.35. The second-order valence-corrected chi connectivity index (χ2v) is 14.9. The van der Waals surface area contributed by atoms with E-state index in [9.17, 15) is 36.2 Å². The Bertz CT molecular complexity index is 1780. The summed E-state index contributed by atoms with van der Waals surface area (Å²) < 4.78 is 84.0. The van der Waals surface area contributed by atoms with E-state index in [4.69, 9.17) is 0 Å². The Kier molecular flexibility index (Phi) is 8.83. The number of nitrogens with zero attached hydrogens (tertiary/aromatic N) is 2. The Balaban J connectivity index is 1.60. The molecule has 0 saturated heterocycles. The molecule has 258 valence electrons. The number of rotatable bonds is 8. The van der Waals surface area contributed by atoms with E-state index in [0.717, 1.165) is 37.1 Å². The monoisotopic (exact) mass is 672 g/mol. The number of allylic oxidation sites excluding steroid dienone is 5. The minimum atomic E-state index is -4.53. The zero-order valence-electron chi connectivity index (χ0n) is 28.6. The van der Waals surface area contributed by atoms with Gasteiger partial charge in [-0.15, -0.1) is 0 Å². The van der Waals surface area contributed by atoms with Crippen molar-refractivity contribution in [2.75, 3.05) is 18.0 Å². The van der Waals surface area contributed by atoms with Gasteiger partial charge >= 0.3 is 12.4 Å². The van der Waals surface area contributed by atoms with Crippen LogP contribution in [0.1, 0.15) is 90.5 Å². The van der Waals surface area contributed by atoms with Crippen LogP contribution in [-0.2, 0) is 28.0 Å². The van der Waals surface area contributed by atoms with Crippen molar-refractivity contribution in [1.29, 1.82) is 0 Å². The van der Waals surface area contributed by atoms with Crippen LogP contribution in [0.15, 0.2) is 71.2 Å². The highest BCUT2D eigenvalue weighted by atomic mass is 19.4. The second-order valence-electron chi connectivity index (χ2n) is 14.9. The highest BCUT2D eigenvalue weighted by Crippen LogP contribution is 2.51. The maximum absolute atomic E-state index is 13.7. The Morgan fingerprint density at radius 2 is 1.38 bits per heavy atom. The van der Waals surface area contributed by atoms with Gasteiger partial charge in [0, 0.05) is 58.6 Å². The molecule has 5 rings (SSSR count). The molecule has 2 aromatic rings. The first-order valence-electron chi connectivity index (χ1n) is 16.3. The second kappa shape index (κ2) is 11.9. The minimum absolute atomic E-state index is 0.0651. The first-order chi connectivity index (χ1) is 22.1. The molecule has 0 spiro atoms. The lowest BCUT2D eigenvalue weighted by molar-refractivity contribution is -0.439. The van der Waals surface area contributed by atoms with Crippen molar-refractivity contribution >= 4 is 22.9 Å². The van der Waals surface area contributed by atoms with Crippen LogP contribution in [0.25, 0.3) is 0 Å². The van der Waals surface area contributed by atoms with Crippen LogP contribution in [0.2, 0.25) is 0 Å². The average Bonchev–Trinajstić information content (AvgIpc) is 3.32. The number of halogens is 6. The summed E-state index contributed by atoms with van der Waals surface area (Å²) in [6.45, 7) is 16.3. The van der Waals surface area contributed by atoms with Gasteiger partial charge < -0.3 is 10.0 Å². The predicted octanol–water partition coefficient (Wildman–Crippen LogP) is 9.00. The summed E-state index contributed by atoms with van der Waals surface area (Å²) in [5, 5.41) is 13.7. The molecule has 0 atom stereocenters. The van der Waals surface area contributed by atoms with E-state index in [1.807, 2.05) is 37.2 Å². The van der Waals surface area contributed by atoms with Crippen LogP contribution in [0, 0.1) is 11.8 Å². The van der Waals surface area contributed by atoms with Gasteiger partial charge in [-0.05, 0) is 74.1 Å². The number of alkyl halides is 6. The number of hydrogen-bond donors (Lipinski definition) is 0. The van der Waals surface area contributed by atoms with Gasteiger partial charge in [0.1, 0.15) is 6.54 Å². The fraction of sp³-hybridized carbons (Fsp3) is 0.474. The van der Waals surface area contributed by atoms with Gasteiger partial charge in [-0.2, -0.15) is 30.9 Å². The Hall–Kier alpha value is -3.82. The SMILES string of the molecule is CC(C)CCN1/C(=C\C2=C([O-])C(=C\C3=[N+](CCC(C)C)c4ccc(C(F)(F)F)cc4C3(C)C)/C2=O)C(C)(C)c2cc(C(F)(F)F)ccc21. The van der Waals surface area contributed by atoms with Gasteiger partial charge in [-0.25, -0.2) is 0 Å². The molecule has 0 bridgehead atoms. The predicted molar refractivity (Wildman–Crippen MR) is 173 cm³/mol. The Labute approximate surface area is 278 Å². The molecule has 0 fully saturated rings. The lowest BCUT2D eigenvalue weighted by Gasteiger charge is -2.33. The molecule has 0 N–H and O–H groups in total. The summed E-state index contributed by atoms with van der Waals surface area (Å²) in [7, 11) is 0. The van der Waals surface area contributed by atoms with E-state index in [1.165, 1.54) is 24.3 Å². The zero-order chi connectivity index (χ0) is 35.7. The molecule has 48 heavy (non-hydrogen) atoms. The first kappa shape index (κ1) is 35.5. The number of benzene rings is 2. The molecule has 10 heteroatoms. The molecule has 0 saturated carbocycles. The van der Waals surface area contributed by atoms with Gasteiger partial charge in [0.15, 0.2) is 11.5 Å². The van der Waals surface area contributed by atoms with Crippen LogP contribution in [0.3, 0.4) is 0 Å². The minimum Gasteiger partial charge on any atom is -0.871 e. The normalized spacial score (nSPS) is 20.5. The van der Waals surface area contributed by atoms with Gasteiger partial charge in [-0.3, -0.25) is 4.79 Å². The van der Waals surface area contributed by atoms with Crippen LogP contribution < -0.4 is 10.0 Å². The van der Waals surface area contributed by atoms with Crippen molar-refractivity contribution in [3.05, 3.63) is 93.4 Å². The largest absolute Gasteiger partial charge is 0.871 e. The van der Waals surface area contributed by atoms with Crippen LogP contribution in [0.5, 0.6) is 0 Å². The molecule has 0 unspecified atom stereocenters. The van der Waals surface area contributed by atoms with Crippen LogP contribution in [0.4, 0.5) is 37.7 Å². The van der Waals surface area contributed by atoms with Crippen LogP contribution in [-0.4, -0.2) is 29.2 Å². The number of Topliss-reactive ketones (excluding diaryl/α,β-unsaturated/α-hetero) is 1. The molecule has 3 aliphatic rings. The molecule has 2 aromatic carbocycles. The molecule has 0 aromatic heterocycles. The maximum atomic E-state index is 13.7. The van der Waals surface area contributed by atoms with E-state index in [1.54, 1.807) is 27.7 Å². The van der Waals surface area contributed by atoms with Gasteiger partial charge in [-0.1, -0.05) is 47.3 Å². The van der Waals surface area contributed by atoms with E-state index >= 15 is 0 Å². The topological polar surface area (TPSA) is 46.4 Å². The van der Waals surface area contributed by atoms with Gasteiger partial charge in [0.05, 0.1) is 16.5 Å². The molecule has 4 nitrogen and oxygen atoms in total. The third kappa shape index (κ3) is 6.11. The summed E-state index contributed by atoms with van der Waals surface area (Å²) in [4.78, 5) is 15.6. The molecule has 2 heterocycles. The van der Waals surface area contributed by atoms with Crippen molar-refractivity contribution in [2.45, 2.75) is 91.4 Å². The molecule has 0 radical (unpaired) electrons. The standard InChI is InChI=1S/C38H42F6N2O2/c1-21(2)13-15-45-29-11-9-23(37(39,40)41)17-27(29)35(5,6)31(45)19-25-33(47)26(34(25)48)20-32-36(7,8)28-18-24(38(42,43)44)10-12-30(28)46(32)16-14-22(3)4/h9-12,17-22H,13-16H2,1-8H3. The van der Waals surface area contributed by atoms with Gasteiger partial charge in [0.25, 0.3) is 0 Å².